The van der Waals surface area contributed by atoms with E-state index >= 15 is 0 Å². The van der Waals surface area contributed by atoms with Crippen LogP contribution in [0.25, 0.3) is 16.8 Å². The summed E-state index contributed by atoms with van der Waals surface area (Å²) in [4.78, 5) is 36.5. The van der Waals surface area contributed by atoms with Gasteiger partial charge < -0.3 is 4.74 Å². The van der Waals surface area contributed by atoms with Gasteiger partial charge in [-0.2, -0.15) is 0 Å². The maximum atomic E-state index is 12.6. The number of carbonyl (C=O) groups excluding carboxylic acids is 3. The number of hydrogen-bond acceptors (Lipinski definition) is 4. The molecule has 0 spiro atoms. The van der Waals surface area contributed by atoms with Gasteiger partial charge in [-0.3, -0.25) is 4.79 Å². The van der Waals surface area contributed by atoms with Crippen molar-refractivity contribution in [2.24, 2.45) is 0 Å². The largest absolute Gasteiger partial charge is 0.386 e. The summed E-state index contributed by atoms with van der Waals surface area (Å²) in [7, 11) is 0. The standard InChI is InChI=1S/C21H12O4/c22-18(12-9-13-5-2-1-3-6-13)14-10-11-17-19-15(14)7-4-8-16(19)20(23)25-21(17)24/h1-12H/b12-9+. The molecule has 1 heterocycles. The Labute approximate surface area is 143 Å². The minimum Gasteiger partial charge on any atom is -0.386 e. The summed E-state index contributed by atoms with van der Waals surface area (Å²) >= 11 is 0. The van der Waals surface area contributed by atoms with E-state index in [0.717, 1.165) is 5.56 Å². The van der Waals surface area contributed by atoms with Gasteiger partial charge in [-0.15, -0.1) is 0 Å². The summed E-state index contributed by atoms with van der Waals surface area (Å²) in [5.41, 5.74) is 1.95. The van der Waals surface area contributed by atoms with E-state index in [1.807, 2.05) is 30.3 Å². The minimum absolute atomic E-state index is 0.195. The summed E-state index contributed by atoms with van der Waals surface area (Å²) in [5, 5.41) is 1.05. The molecule has 3 aromatic carbocycles. The van der Waals surface area contributed by atoms with Crippen LogP contribution in [0, 0.1) is 0 Å². The van der Waals surface area contributed by atoms with E-state index in [2.05, 4.69) is 0 Å². The molecule has 0 aromatic heterocycles. The molecule has 0 N–H and O–H groups in total. The number of ether oxygens (including phenoxy) is 1. The number of ketones is 1. The topological polar surface area (TPSA) is 60.4 Å². The van der Waals surface area contributed by atoms with Crippen LogP contribution in [0.4, 0.5) is 0 Å². The molecule has 1 aliphatic heterocycles. The van der Waals surface area contributed by atoms with Crippen LogP contribution in [-0.2, 0) is 4.74 Å². The van der Waals surface area contributed by atoms with Crippen molar-refractivity contribution < 1.29 is 19.1 Å². The lowest BCUT2D eigenvalue weighted by atomic mass is 9.92. The first-order valence-electron chi connectivity index (χ1n) is 7.75. The smallest absolute Gasteiger partial charge is 0.346 e. The van der Waals surface area contributed by atoms with Crippen LogP contribution in [-0.4, -0.2) is 17.7 Å². The van der Waals surface area contributed by atoms with Gasteiger partial charge in [-0.25, -0.2) is 9.59 Å². The van der Waals surface area contributed by atoms with E-state index in [1.165, 1.54) is 12.1 Å². The van der Waals surface area contributed by atoms with E-state index in [1.54, 1.807) is 30.3 Å². The molecular formula is C21H12O4. The highest BCUT2D eigenvalue weighted by Crippen LogP contribution is 2.31. The zero-order valence-corrected chi connectivity index (χ0v) is 13.1. The van der Waals surface area contributed by atoms with Gasteiger partial charge in [0.25, 0.3) is 0 Å². The van der Waals surface area contributed by atoms with Gasteiger partial charge in [0.1, 0.15) is 0 Å². The highest BCUT2D eigenvalue weighted by Gasteiger charge is 2.28. The molecule has 0 radical (unpaired) electrons. The first-order chi connectivity index (χ1) is 12.1. The molecule has 0 amide bonds. The van der Waals surface area contributed by atoms with E-state index in [4.69, 9.17) is 4.74 Å². The molecular weight excluding hydrogens is 316 g/mol. The Morgan fingerprint density at radius 1 is 0.800 bits per heavy atom. The Morgan fingerprint density at radius 2 is 1.52 bits per heavy atom. The predicted octanol–water partition coefficient (Wildman–Crippen LogP) is 4.05. The van der Waals surface area contributed by atoms with Crippen LogP contribution in [0.15, 0.2) is 66.7 Å². The third-order valence-corrected chi connectivity index (χ3v) is 4.16. The fourth-order valence-corrected chi connectivity index (χ4v) is 2.98. The summed E-state index contributed by atoms with van der Waals surface area (Å²) in [6.45, 7) is 0. The Kier molecular flexibility index (Phi) is 3.51. The van der Waals surface area contributed by atoms with Gasteiger partial charge in [0.05, 0.1) is 11.1 Å². The van der Waals surface area contributed by atoms with Gasteiger partial charge >= 0.3 is 11.9 Å². The van der Waals surface area contributed by atoms with Crippen LogP contribution >= 0.6 is 0 Å². The van der Waals surface area contributed by atoms with Crippen LogP contribution in [0.5, 0.6) is 0 Å². The number of carbonyl (C=O) groups is 3. The average molecular weight is 328 g/mol. The van der Waals surface area contributed by atoms with Gasteiger partial charge in [-0.1, -0.05) is 48.5 Å². The number of esters is 2. The molecule has 4 heteroatoms. The normalized spacial score (nSPS) is 13.3. The molecule has 0 atom stereocenters. The molecule has 1 aliphatic rings. The molecule has 0 unspecified atom stereocenters. The van der Waals surface area contributed by atoms with Crippen LogP contribution in [0.3, 0.4) is 0 Å². The number of hydrogen-bond donors (Lipinski definition) is 0. The van der Waals surface area contributed by atoms with Crippen molar-refractivity contribution >= 4 is 34.6 Å². The predicted molar refractivity (Wildman–Crippen MR) is 93.5 cm³/mol. The van der Waals surface area contributed by atoms with Gasteiger partial charge in [-0.05, 0) is 35.2 Å². The Morgan fingerprint density at radius 3 is 2.28 bits per heavy atom. The monoisotopic (exact) mass is 328 g/mol. The molecule has 0 bridgehead atoms. The van der Waals surface area contributed by atoms with Crippen molar-refractivity contribution in [2.45, 2.75) is 0 Å². The summed E-state index contributed by atoms with van der Waals surface area (Å²) in [5.74, 6) is -1.57. The average Bonchev–Trinajstić information content (AvgIpc) is 2.64. The Hall–Kier alpha value is -3.53. The van der Waals surface area contributed by atoms with Crippen molar-refractivity contribution in [3.8, 4) is 0 Å². The van der Waals surface area contributed by atoms with Crippen molar-refractivity contribution in [1.29, 1.82) is 0 Å². The summed E-state index contributed by atoms with van der Waals surface area (Å²) < 4.78 is 4.73. The molecule has 0 aliphatic carbocycles. The van der Waals surface area contributed by atoms with E-state index in [-0.39, 0.29) is 5.78 Å². The maximum Gasteiger partial charge on any atom is 0.346 e. The van der Waals surface area contributed by atoms with Crippen LogP contribution < -0.4 is 0 Å². The fourth-order valence-electron chi connectivity index (χ4n) is 2.98. The lowest BCUT2D eigenvalue weighted by Crippen LogP contribution is -2.20. The van der Waals surface area contributed by atoms with Crippen LogP contribution in [0.2, 0.25) is 0 Å². The number of rotatable bonds is 3. The second-order valence-corrected chi connectivity index (χ2v) is 5.67. The summed E-state index contributed by atoms with van der Waals surface area (Å²) in [6.07, 6.45) is 3.22. The fraction of sp³-hybridized carbons (Fsp3) is 0. The molecule has 0 saturated carbocycles. The van der Waals surface area contributed by atoms with Crippen molar-refractivity contribution in [3.63, 3.8) is 0 Å². The molecule has 120 valence electrons. The van der Waals surface area contributed by atoms with Gasteiger partial charge in [0, 0.05) is 10.9 Å². The van der Waals surface area contributed by atoms with E-state index in [9.17, 15) is 14.4 Å². The van der Waals surface area contributed by atoms with Gasteiger partial charge in [0.2, 0.25) is 0 Å². The third-order valence-electron chi connectivity index (χ3n) is 4.16. The zero-order valence-electron chi connectivity index (χ0n) is 13.1. The number of allylic oxidation sites excluding steroid dienone is 1. The number of cyclic esters (lactones) is 2. The maximum absolute atomic E-state index is 12.6. The quantitative estimate of drug-likeness (QED) is 0.315. The second-order valence-electron chi connectivity index (χ2n) is 5.67. The molecule has 0 saturated heterocycles. The Balaban J connectivity index is 1.83. The molecule has 0 fully saturated rings. The van der Waals surface area contributed by atoms with Gasteiger partial charge in [0.15, 0.2) is 5.78 Å². The summed E-state index contributed by atoms with van der Waals surface area (Å²) in [6, 6.07) is 17.6. The first-order valence-corrected chi connectivity index (χ1v) is 7.75. The third kappa shape index (κ3) is 2.54. The lowest BCUT2D eigenvalue weighted by molar-refractivity contribution is 0.0391. The van der Waals surface area contributed by atoms with E-state index < -0.39 is 11.9 Å². The first kappa shape index (κ1) is 15.0. The highest BCUT2D eigenvalue weighted by molar-refractivity contribution is 6.25. The second kappa shape index (κ2) is 5.83. The minimum atomic E-state index is -0.687. The highest BCUT2D eigenvalue weighted by atomic mass is 16.6. The molecule has 25 heavy (non-hydrogen) atoms. The van der Waals surface area contributed by atoms with Crippen LogP contribution in [0.1, 0.15) is 36.6 Å². The Bertz CT molecular complexity index is 1040. The van der Waals surface area contributed by atoms with Crippen molar-refractivity contribution in [2.75, 3.05) is 0 Å². The van der Waals surface area contributed by atoms with E-state index in [0.29, 0.717) is 27.5 Å². The number of benzene rings is 3. The van der Waals surface area contributed by atoms with Crippen molar-refractivity contribution in [3.05, 3.63) is 89.0 Å². The molecule has 4 rings (SSSR count). The van der Waals surface area contributed by atoms with Crippen molar-refractivity contribution in [1.82, 2.24) is 0 Å². The zero-order chi connectivity index (χ0) is 17.4. The SMILES string of the molecule is O=C(/C=C/c1ccccc1)c1ccc2c3c(cccc13)C(=O)OC2=O. The molecule has 3 aromatic rings. The molecule has 4 nitrogen and oxygen atoms in total. The lowest BCUT2D eigenvalue weighted by Gasteiger charge is -2.16.